The molecule has 0 saturated heterocycles. The number of carbonyl (C=O) groups excluding carboxylic acids is 1. The average molecular weight is 337 g/mol. The van der Waals surface area contributed by atoms with E-state index in [1.165, 1.54) is 17.0 Å². The van der Waals surface area contributed by atoms with Crippen LogP contribution in [0.25, 0.3) is 0 Å². The van der Waals surface area contributed by atoms with Crippen molar-refractivity contribution in [1.29, 1.82) is 0 Å². The van der Waals surface area contributed by atoms with E-state index in [0.29, 0.717) is 37.7 Å². The molecule has 1 aliphatic heterocycles. The van der Waals surface area contributed by atoms with Crippen LogP contribution in [-0.4, -0.2) is 54.8 Å². The van der Waals surface area contributed by atoms with Crippen LogP contribution in [0.3, 0.4) is 0 Å². The minimum atomic E-state index is -0.544. The largest absolute Gasteiger partial charge is 0.490 e. The highest BCUT2D eigenvalue weighted by Crippen LogP contribution is 2.34. The molecular weight excluding hydrogens is 314 g/mol. The zero-order chi connectivity index (χ0) is 17.9. The zero-order valence-electron chi connectivity index (χ0n) is 14.4. The molecule has 1 amide bonds. The molecule has 2 rings (SSSR count). The quantitative estimate of drug-likeness (QED) is 0.620. The molecule has 0 fully saturated rings. The first-order chi connectivity index (χ1) is 11.2. The third-order valence-corrected chi connectivity index (χ3v) is 3.52. The standard InChI is InChI=1S/C16H23N3O5/c1-16(2,3)24-15(20)17(4)7-8-18-9-10-23-14-6-5-12(19(21)22)11-13(14)18/h5-6,11H,7-10H2,1-4H3. The minimum absolute atomic E-state index is 0.0183. The summed E-state index contributed by atoms with van der Waals surface area (Å²) < 4.78 is 10.9. The molecule has 0 aliphatic carbocycles. The van der Waals surface area contributed by atoms with Crippen LogP contribution < -0.4 is 9.64 Å². The zero-order valence-corrected chi connectivity index (χ0v) is 14.4. The summed E-state index contributed by atoms with van der Waals surface area (Å²) in [4.78, 5) is 26.0. The number of hydrogen-bond donors (Lipinski definition) is 0. The van der Waals surface area contributed by atoms with Crippen LogP contribution in [0, 0.1) is 10.1 Å². The number of carbonyl (C=O) groups is 1. The lowest BCUT2D eigenvalue weighted by Crippen LogP contribution is -2.41. The van der Waals surface area contributed by atoms with Gasteiger partial charge in [-0.15, -0.1) is 0 Å². The summed E-state index contributed by atoms with van der Waals surface area (Å²) in [5.74, 6) is 0.617. The van der Waals surface area contributed by atoms with E-state index >= 15 is 0 Å². The number of anilines is 1. The SMILES string of the molecule is CN(CCN1CCOc2ccc([N+](=O)[O-])cc21)C(=O)OC(C)(C)C. The lowest BCUT2D eigenvalue weighted by molar-refractivity contribution is -0.384. The van der Waals surface area contributed by atoms with Gasteiger partial charge in [0.1, 0.15) is 18.0 Å². The molecule has 8 nitrogen and oxygen atoms in total. The highest BCUT2D eigenvalue weighted by molar-refractivity contribution is 5.68. The summed E-state index contributed by atoms with van der Waals surface area (Å²) in [6.07, 6.45) is -0.393. The molecule has 1 heterocycles. The van der Waals surface area contributed by atoms with Gasteiger partial charge in [0.25, 0.3) is 5.69 Å². The predicted molar refractivity (Wildman–Crippen MR) is 89.7 cm³/mol. The maximum absolute atomic E-state index is 12.0. The monoisotopic (exact) mass is 337 g/mol. The van der Waals surface area contributed by atoms with Gasteiger partial charge in [-0.3, -0.25) is 10.1 Å². The predicted octanol–water partition coefficient (Wildman–Crippen LogP) is 2.66. The number of non-ortho nitro benzene ring substituents is 1. The molecule has 0 atom stereocenters. The number of rotatable bonds is 4. The molecule has 24 heavy (non-hydrogen) atoms. The Labute approximate surface area is 141 Å². The van der Waals surface area contributed by atoms with Crippen molar-refractivity contribution >= 4 is 17.5 Å². The van der Waals surface area contributed by atoms with Crippen molar-refractivity contribution in [2.75, 3.05) is 38.2 Å². The Balaban J connectivity index is 2.03. The molecule has 0 radical (unpaired) electrons. The molecule has 0 spiro atoms. The number of benzene rings is 1. The Hall–Kier alpha value is -2.51. The van der Waals surface area contributed by atoms with Crippen LogP contribution in [0.4, 0.5) is 16.2 Å². The van der Waals surface area contributed by atoms with E-state index in [1.807, 2.05) is 25.7 Å². The van der Waals surface area contributed by atoms with Gasteiger partial charge in [0.15, 0.2) is 0 Å². The van der Waals surface area contributed by atoms with Gasteiger partial charge in [0.05, 0.1) is 17.2 Å². The van der Waals surface area contributed by atoms with Crippen molar-refractivity contribution in [3.05, 3.63) is 28.3 Å². The molecule has 0 N–H and O–H groups in total. The smallest absolute Gasteiger partial charge is 0.410 e. The second-order valence-electron chi connectivity index (χ2n) is 6.65. The summed E-state index contributed by atoms with van der Waals surface area (Å²) in [7, 11) is 1.67. The van der Waals surface area contributed by atoms with Crippen LogP contribution in [-0.2, 0) is 4.74 Å². The number of amides is 1. The fourth-order valence-electron chi connectivity index (χ4n) is 2.31. The molecule has 1 aromatic carbocycles. The van der Waals surface area contributed by atoms with Gasteiger partial charge in [-0.2, -0.15) is 0 Å². The average Bonchev–Trinajstić information content (AvgIpc) is 2.50. The lowest BCUT2D eigenvalue weighted by atomic mass is 10.2. The summed E-state index contributed by atoms with van der Waals surface area (Å²) in [6.45, 7) is 7.53. The number of ether oxygens (including phenoxy) is 2. The topological polar surface area (TPSA) is 85.1 Å². The summed E-state index contributed by atoms with van der Waals surface area (Å²) >= 11 is 0. The Bertz CT molecular complexity index is 627. The number of nitro benzene ring substituents is 1. The van der Waals surface area contributed by atoms with Gasteiger partial charge in [-0.25, -0.2) is 4.79 Å². The Kier molecular flexibility index (Phi) is 5.16. The van der Waals surface area contributed by atoms with E-state index in [0.717, 1.165) is 0 Å². The van der Waals surface area contributed by atoms with Crippen molar-refractivity contribution in [3.8, 4) is 5.75 Å². The van der Waals surface area contributed by atoms with Gasteiger partial charge in [-0.1, -0.05) is 0 Å². The van der Waals surface area contributed by atoms with Crippen molar-refractivity contribution in [2.24, 2.45) is 0 Å². The van der Waals surface area contributed by atoms with E-state index in [-0.39, 0.29) is 5.69 Å². The van der Waals surface area contributed by atoms with E-state index < -0.39 is 16.6 Å². The molecule has 0 aromatic heterocycles. The van der Waals surface area contributed by atoms with Gasteiger partial charge in [0.2, 0.25) is 0 Å². The summed E-state index contributed by atoms with van der Waals surface area (Å²) in [6, 6.07) is 4.54. The fraction of sp³-hybridized carbons (Fsp3) is 0.562. The molecule has 1 aromatic rings. The normalized spacial score (nSPS) is 13.8. The first-order valence-corrected chi connectivity index (χ1v) is 7.78. The van der Waals surface area contributed by atoms with E-state index in [9.17, 15) is 14.9 Å². The van der Waals surface area contributed by atoms with Gasteiger partial charge in [0, 0.05) is 32.3 Å². The molecule has 132 valence electrons. The van der Waals surface area contributed by atoms with Crippen LogP contribution in [0.2, 0.25) is 0 Å². The molecule has 0 unspecified atom stereocenters. The van der Waals surface area contributed by atoms with Crippen molar-refractivity contribution in [3.63, 3.8) is 0 Å². The van der Waals surface area contributed by atoms with Crippen LogP contribution in [0.1, 0.15) is 20.8 Å². The van der Waals surface area contributed by atoms with E-state index in [1.54, 1.807) is 13.1 Å². The summed E-state index contributed by atoms with van der Waals surface area (Å²) in [5, 5.41) is 11.0. The maximum atomic E-state index is 12.0. The second kappa shape index (κ2) is 6.94. The molecular formula is C16H23N3O5. The van der Waals surface area contributed by atoms with Gasteiger partial charge >= 0.3 is 6.09 Å². The minimum Gasteiger partial charge on any atom is -0.490 e. The summed E-state index contributed by atoms with van der Waals surface area (Å²) in [5.41, 5.74) is 0.148. The maximum Gasteiger partial charge on any atom is 0.410 e. The van der Waals surface area contributed by atoms with Crippen LogP contribution in [0.15, 0.2) is 18.2 Å². The second-order valence-corrected chi connectivity index (χ2v) is 6.65. The lowest BCUT2D eigenvalue weighted by Gasteiger charge is -2.32. The first kappa shape index (κ1) is 17.8. The van der Waals surface area contributed by atoms with E-state index in [4.69, 9.17) is 9.47 Å². The van der Waals surface area contributed by atoms with Crippen molar-refractivity contribution in [2.45, 2.75) is 26.4 Å². The van der Waals surface area contributed by atoms with Gasteiger partial charge < -0.3 is 19.3 Å². The Morgan fingerprint density at radius 1 is 1.46 bits per heavy atom. The van der Waals surface area contributed by atoms with E-state index in [2.05, 4.69) is 0 Å². The number of nitrogens with zero attached hydrogens (tertiary/aromatic N) is 3. The highest BCUT2D eigenvalue weighted by Gasteiger charge is 2.23. The molecule has 0 saturated carbocycles. The number of likely N-dealkylation sites (N-methyl/N-ethyl adjacent to an activating group) is 1. The van der Waals surface area contributed by atoms with Crippen LogP contribution in [0.5, 0.6) is 5.75 Å². The van der Waals surface area contributed by atoms with Crippen LogP contribution >= 0.6 is 0 Å². The number of hydrogen-bond acceptors (Lipinski definition) is 6. The number of nitro groups is 1. The highest BCUT2D eigenvalue weighted by atomic mass is 16.6. The first-order valence-electron chi connectivity index (χ1n) is 7.78. The molecule has 1 aliphatic rings. The molecule has 8 heteroatoms. The third kappa shape index (κ3) is 4.50. The Morgan fingerprint density at radius 3 is 2.79 bits per heavy atom. The fourth-order valence-corrected chi connectivity index (χ4v) is 2.31. The Morgan fingerprint density at radius 2 is 2.17 bits per heavy atom. The van der Waals surface area contributed by atoms with Gasteiger partial charge in [-0.05, 0) is 26.8 Å². The van der Waals surface area contributed by atoms with Crippen molar-refractivity contribution in [1.82, 2.24) is 4.90 Å². The molecule has 0 bridgehead atoms. The van der Waals surface area contributed by atoms with Crippen molar-refractivity contribution < 1.29 is 19.2 Å². The number of fused-ring (bicyclic) bond motifs is 1. The third-order valence-electron chi connectivity index (χ3n) is 3.52.